The predicted molar refractivity (Wildman–Crippen MR) is 71.8 cm³/mol. The van der Waals surface area contributed by atoms with E-state index in [1.54, 1.807) is 12.1 Å². The summed E-state index contributed by atoms with van der Waals surface area (Å²) in [6, 6.07) is 5.58. The lowest BCUT2D eigenvalue weighted by atomic mass is 9.92. The summed E-state index contributed by atoms with van der Waals surface area (Å²) >= 11 is 0. The fourth-order valence-corrected chi connectivity index (χ4v) is 1.99. The van der Waals surface area contributed by atoms with E-state index in [4.69, 9.17) is 0 Å². The van der Waals surface area contributed by atoms with Crippen LogP contribution in [0.1, 0.15) is 38.3 Å². The first-order valence-electron chi connectivity index (χ1n) is 6.53. The van der Waals surface area contributed by atoms with Gasteiger partial charge in [-0.15, -0.1) is 0 Å². The van der Waals surface area contributed by atoms with Crippen molar-refractivity contribution in [1.82, 2.24) is 5.32 Å². The highest BCUT2D eigenvalue weighted by molar-refractivity contribution is 5.27. The third-order valence-electron chi connectivity index (χ3n) is 3.42. The average molecular weight is 237 g/mol. The summed E-state index contributed by atoms with van der Waals surface area (Å²) in [5, 5.41) is 3.51. The number of aryl methyl sites for hydroxylation is 1. The van der Waals surface area contributed by atoms with Crippen molar-refractivity contribution < 1.29 is 4.39 Å². The van der Waals surface area contributed by atoms with Crippen LogP contribution in [-0.4, -0.2) is 12.6 Å². The number of halogens is 1. The summed E-state index contributed by atoms with van der Waals surface area (Å²) in [5.74, 6) is 0.418. The lowest BCUT2D eigenvalue weighted by Gasteiger charge is -2.22. The van der Waals surface area contributed by atoms with Crippen LogP contribution in [0.4, 0.5) is 4.39 Å². The molecule has 0 heterocycles. The Kier molecular flexibility index (Phi) is 5.63. The molecule has 0 bridgehead atoms. The topological polar surface area (TPSA) is 12.0 Å². The van der Waals surface area contributed by atoms with Gasteiger partial charge in [0, 0.05) is 6.04 Å². The van der Waals surface area contributed by atoms with Crippen LogP contribution in [0.5, 0.6) is 0 Å². The summed E-state index contributed by atoms with van der Waals surface area (Å²) in [6.07, 6.45) is 2.16. The highest BCUT2D eigenvalue weighted by Crippen LogP contribution is 2.17. The Balaban J connectivity index is 2.58. The molecule has 0 radical (unpaired) electrons. The van der Waals surface area contributed by atoms with Crippen molar-refractivity contribution in [2.45, 2.75) is 46.6 Å². The third kappa shape index (κ3) is 4.47. The van der Waals surface area contributed by atoms with Gasteiger partial charge in [-0.3, -0.25) is 0 Å². The molecule has 1 N–H and O–H groups in total. The molecular weight excluding hydrogens is 213 g/mol. The second-order valence-corrected chi connectivity index (χ2v) is 5.00. The Morgan fingerprint density at radius 2 is 2.00 bits per heavy atom. The molecule has 2 heteroatoms. The van der Waals surface area contributed by atoms with Crippen LogP contribution in [0.2, 0.25) is 0 Å². The summed E-state index contributed by atoms with van der Waals surface area (Å²) in [4.78, 5) is 0. The quantitative estimate of drug-likeness (QED) is 0.795. The molecule has 0 saturated carbocycles. The molecule has 1 aromatic rings. The minimum absolute atomic E-state index is 0.143. The van der Waals surface area contributed by atoms with Crippen LogP contribution in [-0.2, 0) is 6.42 Å². The van der Waals surface area contributed by atoms with Crippen molar-refractivity contribution in [3.05, 3.63) is 35.1 Å². The predicted octanol–water partition coefficient (Wildman–Crippen LogP) is 3.70. The molecular formula is C15H24FN. The Hall–Kier alpha value is -0.890. The standard InChI is InChI=1S/C15H24FN/c1-5-8-17-13(4)11(2)9-14-6-7-15(16)10-12(14)3/h6-7,10-11,13,17H,5,8-9H2,1-4H3. The second-order valence-electron chi connectivity index (χ2n) is 5.00. The van der Waals surface area contributed by atoms with Crippen LogP contribution in [0, 0.1) is 18.7 Å². The molecule has 2 atom stereocenters. The molecule has 96 valence electrons. The van der Waals surface area contributed by atoms with Crippen molar-refractivity contribution in [3.8, 4) is 0 Å². The summed E-state index contributed by atoms with van der Waals surface area (Å²) in [5.41, 5.74) is 2.31. The van der Waals surface area contributed by atoms with E-state index in [2.05, 4.69) is 26.1 Å². The molecule has 17 heavy (non-hydrogen) atoms. The lowest BCUT2D eigenvalue weighted by Crippen LogP contribution is -2.33. The summed E-state index contributed by atoms with van der Waals surface area (Å²) in [6.45, 7) is 9.69. The maximum atomic E-state index is 13.0. The van der Waals surface area contributed by atoms with Gasteiger partial charge in [0.25, 0.3) is 0 Å². The maximum absolute atomic E-state index is 13.0. The monoisotopic (exact) mass is 237 g/mol. The van der Waals surface area contributed by atoms with Crippen molar-refractivity contribution >= 4 is 0 Å². The van der Waals surface area contributed by atoms with E-state index in [1.807, 2.05) is 13.0 Å². The molecule has 0 saturated heterocycles. The number of nitrogens with one attached hydrogen (secondary N) is 1. The van der Waals surface area contributed by atoms with Crippen LogP contribution in [0.15, 0.2) is 18.2 Å². The van der Waals surface area contributed by atoms with Gasteiger partial charge in [0.05, 0.1) is 0 Å². The zero-order chi connectivity index (χ0) is 12.8. The lowest BCUT2D eigenvalue weighted by molar-refractivity contribution is 0.398. The van der Waals surface area contributed by atoms with E-state index in [1.165, 1.54) is 5.56 Å². The minimum atomic E-state index is -0.143. The van der Waals surface area contributed by atoms with Gasteiger partial charge in [0.15, 0.2) is 0 Å². The van der Waals surface area contributed by atoms with Crippen molar-refractivity contribution in [2.75, 3.05) is 6.54 Å². The van der Waals surface area contributed by atoms with Crippen molar-refractivity contribution in [3.63, 3.8) is 0 Å². The van der Waals surface area contributed by atoms with Crippen molar-refractivity contribution in [1.29, 1.82) is 0 Å². The molecule has 0 amide bonds. The van der Waals surface area contributed by atoms with Gasteiger partial charge in [0.1, 0.15) is 5.82 Å². The van der Waals surface area contributed by atoms with Gasteiger partial charge in [0.2, 0.25) is 0 Å². The fraction of sp³-hybridized carbons (Fsp3) is 0.600. The number of benzene rings is 1. The van der Waals surface area contributed by atoms with E-state index >= 15 is 0 Å². The molecule has 1 rings (SSSR count). The van der Waals surface area contributed by atoms with Crippen LogP contribution in [0.25, 0.3) is 0 Å². The maximum Gasteiger partial charge on any atom is 0.123 e. The Morgan fingerprint density at radius 3 is 2.59 bits per heavy atom. The first-order valence-corrected chi connectivity index (χ1v) is 6.53. The van der Waals surface area contributed by atoms with Gasteiger partial charge >= 0.3 is 0 Å². The molecule has 0 aliphatic heterocycles. The van der Waals surface area contributed by atoms with E-state index in [0.29, 0.717) is 12.0 Å². The first kappa shape index (κ1) is 14.2. The Morgan fingerprint density at radius 1 is 1.29 bits per heavy atom. The Bertz CT molecular complexity index is 349. The first-order chi connectivity index (χ1) is 8.04. The zero-order valence-electron chi connectivity index (χ0n) is 11.4. The molecule has 0 fully saturated rings. The van der Waals surface area contributed by atoms with Gasteiger partial charge in [-0.1, -0.05) is 19.9 Å². The molecule has 1 nitrogen and oxygen atoms in total. The third-order valence-corrected chi connectivity index (χ3v) is 3.42. The van der Waals surface area contributed by atoms with E-state index in [9.17, 15) is 4.39 Å². The minimum Gasteiger partial charge on any atom is -0.314 e. The van der Waals surface area contributed by atoms with E-state index in [-0.39, 0.29) is 5.82 Å². The molecule has 2 unspecified atom stereocenters. The number of hydrogen-bond donors (Lipinski definition) is 1. The van der Waals surface area contributed by atoms with Gasteiger partial charge in [-0.05, 0) is 62.4 Å². The molecule has 0 spiro atoms. The van der Waals surface area contributed by atoms with Gasteiger partial charge in [-0.2, -0.15) is 0 Å². The normalized spacial score (nSPS) is 14.6. The average Bonchev–Trinajstić information content (AvgIpc) is 2.29. The van der Waals surface area contributed by atoms with Gasteiger partial charge in [-0.25, -0.2) is 4.39 Å². The number of rotatable bonds is 6. The number of hydrogen-bond acceptors (Lipinski definition) is 1. The largest absolute Gasteiger partial charge is 0.314 e. The molecule has 0 aromatic heterocycles. The summed E-state index contributed by atoms with van der Waals surface area (Å²) in [7, 11) is 0. The van der Waals surface area contributed by atoms with E-state index < -0.39 is 0 Å². The molecule has 0 aliphatic rings. The van der Waals surface area contributed by atoms with E-state index in [0.717, 1.165) is 24.9 Å². The summed E-state index contributed by atoms with van der Waals surface area (Å²) < 4.78 is 13.0. The van der Waals surface area contributed by atoms with Crippen LogP contribution in [0.3, 0.4) is 0 Å². The SMILES string of the molecule is CCCNC(C)C(C)Cc1ccc(F)cc1C. The fourth-order valence-electron chi connectivity index (χ4n) is 1.99. The Labute approximate surface area is 104 Å². The van der Waals surface area contributed by atoms with Crippen molar-refractivity contribution in [2.24, 2.45) is 5.92 Å². The molecule has 1 aromatic carbocycles. The van der Waals surface area contributed by atoms with Gasteiger partial charge < -0.3 is 5.32 Å². The highest BCUT2D eigenvalue weighted by Gasteiger charge is 2.13. The smallest absolute Gasteiger partial charge is 0.123 e. The zero-order valence-corrected chi connectivity index (χ0v) is 11.4. The second kappa shape index (κ2) is 6.75. The highest BCUT2D eigenvalue weighted by atomic mass is 19.1. The van der Waals surface area contributed by atoms with Crippen LogP contribution < -0.4 is 5.32 Å². The van der Waals surface area contributed by atoms with Crippen LogP contribution >= 0.6 is 0 Å². The molecule has 0 aliphatic carbocycles.